The van der Waals surface area contributed by atoms with Gasteiger partial charge in [0.2, 0.25) is 0 Å². The number of ether oxygens (including phenoxy) is 1. The van der Waals surface area contributed by atoms with Gasteiger partial charge in [0.05, 0.1) is 19.1 Å². The van der Waals surface area contributed by atoms with Crippen molar-refractivity contribution in [1.82, 2.24) is 0 Å². The average Bonchev–Trinajstić information content (AvgIpc) is 3.04. The lowest BCUT2D eigenvalue weighted by Crippen LogP contribution is -2.34. The van der Waals surface area contributed by atoms with Crippen LogP contribution in [-0.4, -0.2) is 19.6 Å². The Morgan fingerprint density at radius 3 is 3.00 bits per heavy atom. The van der Waals surface area contributed by atoms with Crippen LogP contribution in [0.25, 0.3) is 6.08 Å². The molecule has 21 heavy (non-hydrogen) atoms. The molecular weight excluding hydrogens is 266 g/mol. The highest BCUT2D eigenvalue weighted by Gasteiger charge is 2.24. The molecule has 3 rings (SSSR count). The van der Waals surface area contributed by atoms with Gasteiger partial charge in [-0.25, -0.2) is 0 Å². The minimum Gasteiger partial charge on any atom is -0.495 e. The summed E-state index contributed by atoms with van der Waals surface area (Å²) in [6, 6.07) is 9.51. The van der Waals surface area contributed by atoms with Gasteiger partial charge in [-0.05, 0) is 42.7 Å². The van der Waals surface area contributed by atoms with Crippen molar-refractivity contribution in [3.05, 3.63) is 54.0 Å². The van der Waals surface area contributed by atoms with E-state index in [1.54, 1.807) is 36.5 Å². The number of anilines is 1. The maximum absolute atomic E-state index is 12.5. The number of hydrogen-bond acceptors (Lipinski definition) is 3. The van der Waals surface area contributed by atoms with Crippen molar-refractivity contribution in [2.24, 2.45) is 0 Å². The van der Waals surface area contributed by atoms with Crippen molar-refractivity contribution in [1.29, 1.82) is 0 Å². The number of rotatable bonds is 3. The fourth-order valence-corrected chi connectivity index (χ4v) is 2.63. The zero-order valence-electron chi connectivity index (χ0n) is 11.9. The predicted molar refractivity (Wildman–Crippen MR) is 81.4 cm³/mol. The molecule has 0 bridgehead atoms. The van der Waals surface area contributed by atoms with Crippen LogP contribution in [0, 0.1) is 0 Å². The number of carbonyl (C=O) groups excluding carboxylic acids is 1. The van der Waals surface area contributed by atoms with Crippen LogP contribution in [0.1, 0.15) is 17.7 Å². The van der Waals surface area contributed by atoms with Gasteiger partial charge in [0, 0.05) is 12.6 Å². The number of fused-ring (bicyclic) bond motifs is 1. The van der Waals surface area contributed by atoms with Crippen molar-refractivity contribution in [2.75, 3.05) is 18.6 Å². The Kier molecular flexibility index (Phi) is 3.77. The maximum atomic E-state index is 12.5. The zero-order chi connectivity index (χ0) is 14.7. The highest BCUT2D eigenvalue weighted by molar-refractivity contribution is 6.05. The van der Waals surface area contributed by atoms with Gasteiger partial charge >= 0.3 is 0 Å². The molecular formula is C17H17NO3. The van der Waals surface area contributed by atoms with E-state index in [0.717, 1.165) is 29.8 Å². The van der Waals surface area contributed by atoms with E-state index >= 15 is 0 Å². The Morgan fingerprint density at radius 1 is 1.33 bits per heavy atom. The number of carbonyl (C=O) groups is 1. The molecule has 1 amide bonds. The molecule has 2 aromatic rings. The Balaban J connectivity index is 1.89. The molecule has 0 fully saturated rings. The Labute approximate surface area is 123 Å². The molecule has 4 nitrogen and oxygen atoms in total. The summed E-state index contributed by atoms with van der Waals surface area (Å²) >= 11 is 0. The van der Waals surface area contributed by atoms with E-state index in [1.807, 2.05) is 24.3 Å². The summed E-state index contributed by atoms with van der Waals surface area (Å²) in [5.41, 5.74) is 2.04. The fraction of sp³-hybridized carbons (Fsp3) is 0.235. The number of nitrogens with zero attached hydrogens (tertiary/aromatic N) is 1. The van der Waals surface area contributed by atoms with Crippen LogP contribution < -0.4 is 9.64 Å². The first-order valence-electron chi connectivity index (χ1n) is 6.98. The highest BCUT2D eigenvalue weighted by atomic mass is 16.5. The summed E-state index contributed by atoms with van der Waals surface area (Å²) in [4.78, 5) is 14.2. The molecule has 2 heterocycles. The Morgan fingerprint density at radius 2 is 2.24 bits per heavy atom. The van der Waals surface area contributed by atoms with Crippen molar-refractivity contribution < 1.29 is 13.9 Å². The zero-order valence-corrected chi connectivity index (χ0v) is 11.9. The number of furan rings is 1. The molecule has 0 spiro atoms. The van der Waals surface area contributed by atoms with E-state index in [0.29, 0.717) is 12.3 Å². The molecule has 0 unspecified atom stereocenters. The number of methoxy groups -OCH3 is 1. The molecule has 1 aromatic carbocycles. The lowest BCUT2D eigenvalue weighted by Gasteiger charge is -2.30. The molecule has 4 heteroatoms. The highest BCUT2D eigenvalue weighted by Crippen LogP contribution is 2.36. The first-order chi connectivity index (χ1) is 10.3. The summed E-state index contributed by atoms with van der Waals surface area (Å²) < 4.78 is 10.6. The van der Waals surface area contributed by atoms with E-state index in [-0.39, 0.29) is 5.91 Å². The van der Waals surface area contributed by atoms with Crippen LogP contribution in [0.3, 0.4) is 0 Å². The van der Waals surface area contributed by atoms with Crippen LogP contribution in [0.15, 0.2) is 47.1 Å². The second-order valence-corrected chi connectivity index (χ2v) is 4.91. The molecule has 0 saturated carbocycles. The first-order valence-corrected chi connectivity index (χ1v) is 6.98. The van der Waals surface area contributed by atoms with Crippen LogP contribution >= 0.6 is 0 Å². The van der Waals surface area contributed by atoms with Gasteiger partial charge < -0.3 is 14.1 Å². The first kappa shape index (κ1) is 13.5. The molecule has 1 aliphatic heterocycles. The molecule has 0 aliphatic carbocycles. The maximum Gasteiger partial charge on any atom is 0.251 e. The average molecular weight is 283 g/mol. The van der Waals surface area contributed by atoms with Crippen molar-refractivity contribution in [3.8, 4) is 5.75 Å². The quantitative estimate of drug-likeness (QED) is 0.812. The smallest absolute Gasteiger partial charge is 0.251 e. The standard InChI is InChI=1S/C17H17NO3/c1-20-15-8-2-5-13-6-3-11-18(17(13)15)16(19)10-9-14-7-4-12-21-14/h2,4-5,7-10,12H,3,6,11H2,1H3. The molecule has 0 atom stereocenters. The summed E-state index contributed by atoms with van der Waals surface area (Å²) in [6.07, 6.45) is 6.74. The van der Waals surface area contributed by atoms with Gasteiger partial charge in [-0.3, -0.25) is 4.79 Å². The third-order valence-electron chi connectivity index (χ3n) is 3.60. The fourth-order valence-electron chi connectivity index (χ4n) is 2.63. The van der Waals surface area contributed by atoms with Crippen molar-refractivity contribution >= 4 is 17.7 Å². The van der Waals surface area contributed by atoms with Crippen molar-refractivity contribution in [2.45, 2.75) is 12.8 Å². The third kappa shape index (κ3) is 2.70. The predicted octanol–water partition coefficient (Wildman–Crippen LogP) is 3.28. The number of aryl methyl sites for hydroxylation is 1. The molecule has 1 aromatic heterocycles. The van der Waals surface area contributed by atoms with Crippen LogP contribution in [-0.2, 0) is 11.2 Å². The molecule has 108 valence electrons. The molecule has 0 N–H and O–H groups in total. The summed E-state index contributed by atoms with van der Waals surface area (Å²) in [5.74, 6) is 1.35. The van der Waals surface area contributed by atoms with Gasteiger partial charge in [0.1, 0.15) is 11.5 Å². The number of para-hydroxylation sites is 1. The summed E-state index contributed by atoms with van der Waals surface area (Å²) in [5, 5.41) is 0. The SMILES string of the molecule is COc1cccc2c1N(C(=O)C=Cc1ccco1)CCC2. The molecule has 1 aliphatic rings. The lowest BCUT2D eigenvalue weighted by molar-refractivity contribution is -0.114. The summed E-state index contributed by atoms with van der Waals surface area (Å²) in [6.45, 7) is 0.703. The Hall–Kier alpha value is -2.49. The van der Waals surface area contributed by atoms with E-state index < -0.39 is 0 Å². The molecule has 0 radical (unpaired) electrons. The topological polar surface area (TPSA) is 42.7 Å². The van der Waals surface area contributed by atoms with Gasteiger partial charge in [-0.2, -0.15) is 0 Å². The summed E-state index contributed by atoms with van der Waals surface area (Å²) in [7, 11) is 1.63. The van der Waals surface area contributed by atoms with Gasteiger partial charge in [0.15, 0.2) is 0 Å². The van der Waals surface area contributed by atoms with Gasteiger partial charge in [-0.15, -0.1) is 0 Å². The number of benzene rings is 1. The second kappa shape index (κ2) is 5.87. The Bertz CT molecular complexity index is 644. The lowest BCUT2D eigenvalue weighted by atomic mass is 10.0. The normalized spacial score (nSPS) is 14.2. The number of amides is 1. The van der Waals surface area contributed by atoms with E-state index in [2.05, 4.69) is 0 Å². The third-order valence-corrected chi connectivity index (χ3v) is 3.60. The monoisotopic (exact) mass is 283 g/mol. The largest absolute Gasteiger partial charge is 0.495 e. The van der Waals surface area contributed by atoms with Gasteiger partial charge in [-0.1, -0.05) is 12.1 Å². The second-order valence-electron chi connectivity index (χ2n) is 4.91. The van der Waals surface area contributed by atoms with Crippen LogP contribution in [0.4, 0.5) is 5.69 Å². The van der Waals surface area contributed by atoms with Gasteiger partial charge in [0.25, 0.3) is 5.91 Å². The van der Waals surface area contributed by atoms with Crippen molar-refractivity contribution in [3.63, 3.8) is 0 Å². The minimum absolute atomic E-state index is 0.0585. The number of hydrogen-bond donors (Lipinski definition) is 0. The van der Waals surface area contributed by atoms with E-state index in [1.165, 1.54) is 0 Å². The van der Waals surface area contributed by atoms with Crippen LogP contribution in [0.5, 0.6) is 5.75 Å². The van der Waals surface area contributed by atoms with E-state index in [9.17, 15) is 4.79 Å². The molecule has 0 saturated heterocycles. The van der Waals surface area contributed by atoms with E-state index in [4.69, 9.17) is 9.15 Å². The minimum atomic E-state index is -0.0585. The van der Waals surface area contributed by atoms with Crippen LogP contribution in [0.2, 0.25) is 0 Å².